The normalized spacial score (nSPS) is 12.7. The Labute approximate surface area is 179 Å². The lowest BCUT2D eigenvalue weighted by Crippen LogP contribution is -1.85. The van der Waals surface area contributed by atoms with Crippen LogP contribution in [-0.2, 0) is 0 Å². The Morgan fingerprint density at radius 3 is 1.74 bits per heavy atom. The summed E-state index contributed by atoms with van der Waals surface area (Å²) in [5, 5.41) is 0. The van der Waals surface area contributed by atoms with Gasteiger partial charge in [0.1, 0.15) is 0 Å². The zero-order chi connectivity index (χ0) is 20.8. The second-order valence-corrected chi connectivity index (χ2v) is 7.96. The molecule has 148 valence electrons. The highest BCUT2D eigenvalue weighted by atomic mass is 14.8. The molecular weight excluding hydrogens is 380 g/mol. The zero-order valence-corrected chi connectivity index (χ0v) is 17.1. The first-order valence-electron chi connectivity index (χ1n) is 10.3. The van der Waals surface area contributed by atoms with Gasteiger partial charge in [-0.05, 0) is 79.2 Å². The fraction of sp³-hybridized carbons (Fsp3) is 0.0370. The number of nitrogens with zero attached hydrogens (tertiary/aromatic N) is 2. The van der Waals surface area contributed by atoms with Crippen molar-refractivity contribution >= 4 is 45.9 Å². The van der Waals surface area contributed by atoms with Crippen LogP contribution in [0.15, 0.2) is 72.8 Å². The lowest BCUT2D eigenvalue weighted by atomic mass is 10.0. The highest BCUT2D eigenvalue weighted by molar-refractivity contribution is 5.93. The fourth-order valence-electron chi connectivity index (χ4n) is 3.98. The molecule has 0 atom stereocenters. The van der Waals surface area contributed by atoms with Crippen molar-refractivity contribution in [2.24, 2.45) is 0 Å². The zero-order valence-electron chi connectivity index (χ0n) is 17.1. The summed E-state index contributed by atoms with van der Waals surface area (Å²) in [4.78, 5) is 16.5. The van der Waals surface area contributed by atoms with E-state index in [2.05, 4.69) is 95.8 Å². The van der Waals surface area contributed by atoms with Crippen molar-refractivity contribution in [3.05, 3.63) is 107 Å². The predicted molar refractivity (Wildman–Crippen MR) is 128 cm³/mol. The number of hydrogen-bond acceptors (Lipinski definition) is 2. The topological polar surface area (TPSA) is 57.4 Å². The summed E-state index contributed by atoms with van der Waals surface area (Å²) in [7, 11) is 0. The molecule has 2 N–H and O–H groups in total. The van der Waals surface area contributed by atoms with E-state index in [-0.39, 0.29) is 0 Å². The van der Waals surface area contributed by atoms with Crippen LogP contribution in [0.25, 0.3) is 45.9 Å². The molecule has 0 saturated heterocycles. The van der Waals surface area contributed by atoms with Crippen molar-refractivity contribution in [1.82, 2.24) is 19.9 Å². The van der Waals surface area contributed by atoms with Crippen molar-refractivity contribution in [1.29, 1.82) is 0 Å². The lowest BCUT2D eigenvalue weighted by molar-refractivity contribution is 1.30. The molecule has 1 aromatic carbocycles. The minimum Gasteiger partial charge on any atom is -0.355 e. The number of fused-ring (bicyclic) bond motifs is 8. The van der Waals surface area contributed by atoms with Gasteiger partial charge >= 0.3 is 0 Å². The lowest BCUT2D eigenvalue weighted by Gasteiger charge is -2.02. The van der Waals surface area contributed by atoms with Gasteiger partial charge in [0.25, 0.3) is 0 Å². The van der Waals surface area contributed by atoms with Gasteiger partial charge in [0.05, 0.1) is 22.8 Å². The molecule has 2 aliphatic heterocycles. The minimum absolute atomic E-state index is 0.925. The molecule has 4 nitrogen and oxygen atoms in total. The first-order valence-corrected chi connectivity index (χ1v) is 10.3. The third-order valence-corrected chi connectivity index (χ3v) is 5.53. The fourth-order valence-corrected chi connectivity index (χ4v) is 3.98. The SMILES string of the molecule is Cc1ccc(C2=Cc3cc4ccc(cc5nc(cc6ccc(cc2n3)[nH]6)C=C5)[nH]4)cc1. The van der Waals surface area contributed by atoms with Crippen LogP contribution >= 0.6 is 0 Å². The van der Waals surface area contributed by atoms with Crippen LogP contribution in [0.4, 0.5) is 0 Å². The van der Waals surface area contributed by atoms with Gasteiger partial charge in [-0.2, -0.15) is 0 Å². The molecule has 6 rings (SSSR count). The minimum atomic E-state index is 0.925. The first kappa shape index (κ1) is 17.7. The number of H-pyrrole nitrogens is 2. The maximum Gasteiger partial charge on any atom is 0.0736 e. The Kier molecular flexibility index (Phi) is 3.96. The third-order valence-electron chi connectivity index (χ3n) is 5.53. The maximum absolute atomic E-state index is 4.93. The molecule has 31 heavy (non-hydrogen) atoms. The van der Waals surface area contributed by atoms with E-state index in [1.165, 1.54) is 5.56 Å². The number of hydrogen-bond donors (Lipinski definition) is 2. The number of rotatable bonds is 1. The third kappa shape index (κ3) is 3.49. The van der Waals surface area contributed by atoms with E-state index >= 15 is 0 Å². The van der Waals surface area contributed by atoms with Gasteiger partial charge in [-0.3, -0.25) is 0 Å². The Bertz CT molecular complexity index is 1530. The maximum atomic E-state index is 4.93. The van der Waals surface area contributed by atoms with Crippen LogP contribution in [0.5, 0.6) is 0 Å². The Morgan fingerprint density at radius 1 is 0.581 bits per heavy atom. The number of benzene rings is 1. The van der Waals surface area contributed by atoms with E-state index in [1.54, 1.807) is 0 Å². The van der Waals surface area contributed by atoms with E-state index < -0.39 is 0 Å². The molecule has 0 radical (unpaired) electrons. The van der Waals surface area contributed by atoms with E-state index in [1.807, 2.05) is 12.2 Å². The van der Waals surface area contributed by atoms with Gasteiger partial charge in [-0.25, -0.2) is 9.97 Å². The van der Waals surface area contributed by atoms with Crippen LogP contribution in [0, 0.1) is 6.92 Å². The molecule has 4 heteroatoms. The number of aryl methyl sites for hydroxylation is 1. The molecule has 0 amide bonds. The van der Waals surface area contributed by atoms with Gasteiger partial charge in [0, 0.05) is 27.6 Å². The van der Waals surface area contributed by atoms with Crippen molar-refractivity contribution in [3.8, 4) is 0 Å². The molecule has 0 unspecified atom stereocenters. The number of nitrogens with one attached hydrogen (secondary N) is 2. The summed E-state index contributed by atoms with van der Waals surface area (Å²) >= 11 is 0. The Hall–Kier alpha value is -4.18. The largest absolute Gasteiger partial charge is 0.355 e. The molecule has 4 aromatic rings. The monoisotopic (exact) mass is 400 g/mol. The van der Waals surface area contributed by atoms with Crippen molar-refractivity contribution < 1.29 is 0 Å². The van der Waals surface area contributed by atoms with Crippen LogP contribution in [0.3, 0.4) is 0 Å². The summed E-state index contributed by atoms with van der Waals surface area (Å²) in [6, 6.07) is 25.2. The van der Waals surface area contributed by atoms with E-state index in [9.17, 15) is 0 Å². The van der Waals surface area contributed by atoms with Gasteiger partial charge in [-0.15, -0.1) is 0 Å². The highest BCUT2D eigenvalue weighted by Crippen LogP contribution is 2.29. The van der Waals surface area contributed by atoms with Crippen LogP contribution in [-0.4, -0.2) is 19.9 Å². The van der Waals surface area contributed by atoms with Gasteiger partial charge in [0.15, 0.2) is 0 Å². The second-order valence-electron chi connectivity index (χ2n) is 7.96. The second kappa shape index (κ2) is 6.96. The first-order chi connectivity index (χ1) is 15.2. The standard InChI is InChI=1S/C27H20N4/c1-17-2-4-18(5-3-17)26-15-25-14-23-9-8-21(29-23)12-19-6-7-20(28-19)13-22-10-11-24(30-22)16-27(26)31-25/h2-16,29-30H,1H3. The average Bonchev–Trinajstić information content (AvgIpc) is 3.54. The molecule has 0 saturated carbocycles. The average molecular weight is 400 g/mol. The summed E-state index contributed by atoms with van der Waals surface area (Å²) in [5.74, 6) is 0. The predicted octanol–water partition coefficient (Wildman–Crippen LogP) is 6.38. The van der Waals surface area contributed by atoms with E-state index in [0.29, 0.717) is 0 Å². The number of aromatic nitrogens is 4. The molecule has 0 spiro atoms. The summed E-state index contributed by atoms with van der Waals surface area (Å²) in [6.07, 6.45) is 6.21. The molecular formula is C27H20N4. The van der Waals surface area contributed by atoms with Crippen LogP contribution < -0.4 is 0 Å². The number of aromatic amines is 2. The molecule has 8 bridgehead atoms. The summed E-state index contributed by atoms with van der Waals surface area (Å²) < 4.78 is 0. The summed E-state index contributed by atoms with van der Waals surface area (Å²) in [5.41, 5.74) is 11.3. The van der Waals surface area contributed by atoms with Crippen molar-refractivity contribution in [3.63, 3.8) is 0 Å². The van der Waals surface area contributed by atoms with Crippen molar-refractivity contribution in [2.75, 3.05) is 0 Å². The van der Waals surface area contributed by atoms with E-state index in [4.69, 9.17) is 9.97 Å². The smallest absolute Gasteiger partial charge is 0.0736 e. The van der Waals surface area contributed by atoms with Gasteiger partial charge in [-0.1, -0.05) is 29.8 Å². The molecule has 5 heterocycles. The van der Waals surface area contributed by atoms with Crippen LogP contribution in [0.2, 0.25) is 0 Å². The molecule has 3 aromatic heterocycles. The molecule has 0 fully saturated rings. The Morgan fingerprint density at radius 2 is 1.13 bits per heavy atom. The van der Waals surface area contributed by atoms with Crippen molar-refractivity contribution in [2.45, 2.75) is 6.92 Å². The van der Waals surface area contributed by atoms with E-state index in [0.717, 1.165) is 56.0 Å². The Balaban J connectivity index is 1.63. The highest BCUT2D eigenvalue weighted by Gasteiger charge is 2.12. The molecule has 0 aliphatic carbocycles. The molecule has 2 aliphatic rings. The summed E-state index contributed by atoms with van der Waals surface area (Å²) in [6.45, 7) is 2.10. The van der Waals surface area contributed by atoms with Crippen LogP contribution in [0.1, 0.15) is 33.9 Å². The van der Waals surface area contributed by atoms with Gasteiger partial charge in [0.2, 0.25) is 0 Å². The quantitative estimate of drug-likeness (QED) is 0.336. The van der Waals surface area contributed by atoms with Gasteiger partial charge < -0.3 is 9.97 Å².